The van der Waals surface area contributed by atoms with E-state index in [4.69, 9.17) is 8.22 Å². The quantitative estimate of drug-likeness (QED) is 0.648. The second kappa shape index (κ2) is 3.76. The van der Waals surface area contributed by atoms with E-state index < -0.39 is 14.1 Å². The van der Waals surface area contributed by atoms with Crippen molar-refractivity contribution < 1.29 is 22.5 Å². The Morgan fingerprint density at radius 1 is 1.33 bits per heavy atom. The molecule has 0 aliphatic carbocycles. The third-order valence-corrected chi connectivity index (χ3v) is 1.32. The van der Waals surface area contributed by atoms with Crippen LogP contribution in [0.3, 0.4) is 0 Å². The minimum Gasteiger partial charge on any atom is -0.493 e. The fourth-order valence-electron chi connectivity index (χ4n) is 0.762. The molecule has 12 heavy (non-hydrogen) atoms. The van der Waals surface area contributed by atoms with Gasteiger partial charge in [0.25, 0.3) is 0 Å². The summed E-state index contributed by atoms with van der Waals surface area (Å²) in [6, 6.07) is 3.55. The van der Waals surface area contributed by atoms with E-state index in [-0.39, 0.29) is 17.1 Å². The van der Waals surface area contributed by atoms with Crippen LogP contribution in [0.5, 0.6) is 11.5 Å². The lowest BCUT2D eigenvalue weighted by atomic mass is 10.2. The van der Waals surface area contributed by atoms with Gasteiger partial charge in [0, 0.05) is 5.56 Å². The fourth-order valence-corrected chi connectivity index (χ4v) is 0.762. The van der Waals surface area contributed by atoms with Crippen LogP contribution in [0.1, 0.15) is 18.6 Å². The number of hydrogen-bond donors (Lipinski definition) is 0. The van der Waals surface area contributed by atoms with Crippen LogP contribution in [-0.2, 0) is 0 Å². The molecule has 0 N–H and O–H groups in total. The van der Waals surface area contributed by atoms with Gasteiger partial charge in [-0.15, -0.1) is 0 Å². The van der Waals surface area contributed by atoms with E-state index in [1.54, 1.807) is 0 Å². The van der Waals surface area contributed by atoms with Crippen molar-refractivity contribution >= 4 is 6.29 Å². The number of rotatable bonds is 3. The van der Waals surface area contributed by atoms with E-state index in [1.807, 2.05) is 0 Å². The van der Waals surface area contributed by atoms with Crippen molar-refractivity contribution in [2.45, 2.75) is 0 Å². The topological polar surface area (TPSA) is 35.5 Å². The van der Waals surface area contributed by atoms with Crippen LogP contribution in [0, 0.1) is 0 Å². The van der Waals surface area contributed by atoms with Crippen molar-refractivity contribution in [3.05, 3.63) is 23.8 Å². The van der Waals surface area contributed by atoms with Crippen LogP contribution in [0.25, 0.3) is 0 Å². The summed E-state index contributed by atoms with van der Waals surface area (Å²) in [6.07, 6.45) is 0.478. The van der Waals surface area contributed by atoms with E-state index in [1.165, 1.54) is 6.07 Å². The fraction of sp³-hybridized carbons (Fsp3) is 0.222. The molecule has 0 amide bonds. The van der Waals surface area contributed by atoms with Gasteiger partial charge in [0.1, 0.15) is 6.29 Å². The summed E-state index contributed by atoms with van der Waals surface area (Å²) >= 11 is 0. The summed E-state index contributed by atoms with van der Waals surface area (Å²) in [7, 11) is -5.51. The molecule has 0 saturated heterocycles. The minimum atomic E-state index is -2.77. The SMILES string of the molecule is [2H]C([2H])([2H])Oc1ccc(C=O)cc1OC([2H])([2H])[2H]. The van der Waals surface area contributed by atoms with Gasteiger partial charge in [-0.25, -0.2) is 0 Å². The Hall–Kier alpha value is -1.51. The number of carbonyl (C=O) groups excluding carboxylic acids is 1. The predicted octanol–water partition coefficient (Wildman–Crippen LogP) is 1.52. The lowest BCUT2D eigenvalue weighted by Crippen LogP contribution is -1.91. The highest BCUT2D eigenvalue weighted by molar-refractivity contribution is 5.76. The summed E-state index contributed by atoms with van der Waals surface area (Å²) < 4.78 is 50.9. The zero-order valence-corrected chi connectivity index (χ0v) is 6.03. The average Bonchev–Trinajstić information content (AvgIpc) is 2.16. The van der Waals surface area contributed by atoms with Crippen LogP contribution >= 0.6 is 0 Å². The van der Waals surface area contributed by atoms with Crippen molar-refractivity contribution in [1.82, 2.24) is 0 Å². The number of hydrogen-bond acceptors (Lipinski definition) is 3. The second-order valence-electron chi connectivity index (χ2n) is 2.03. The first-order valence-electron chi connectivity index (χ1n) is 6.08. The lowest BCUT2D eigenvalue weighted by Gasteiger charge is -2.06. The van der Waals surface area contributed by atoms with Crippen LogP contribution in [0.4, 0.5) is 0 Å². The molecule has 0 aromatic heterocycles. The number of ether oxygens (including phenoxy) is 2. The molecule has 0 radical (unpaired) electrons. The Morgan fingerprint density at radius 2 is 2.08 bits per heavy atom. The average molecular weight is 172 g/mol. The number of methoxy groups -OCH3 is 2. The van der Waals surface area contributed by atoms with E-state index in [0.29, 0.717) is 6.29 Å². The van der Waals surface area contributed by atoms with Crippen molar-refractivity contribution in [3.63, 3.8) is 0 Å². The first-order valence-corrected chi connectivity index (χ1v) is 3.08. The molecule has 3 nitrogen and oxygen atoms in total. The van der Waals surface area contributed by atoms with Gasteiger partial charge in [0.05, 0.1) is 22.3 Å². The first-order chi connectivity index (χ1) is 8.11. The molecular weight excluding hydrogens is 156 g/mol. The smallest absolute Gasteiger partial charge is 0.161 e. The highest BCUT2D eigenvalue weighted by Gasteiger charge is 2.02. The maximum absolute atomic E-state index is 10.6. The third kappa shape index (κ3) is 1.56. The molecule has 0 aliphatic rings. The van der Waals surface area contributed by atoms with Gasteiger partial charge in [0.15, 0.2) is 11.5 Å². The third-order valence-electron chi connectivity index (χ3n) is 1.32. The molecule has 1 aromatic carbocycles. The highest BCUT2D eigenvalue weighted by Crippen LogP contribution is 2.26. The van der Waals surface area contributed by atoms with Gasteiger partial charge < -0.3 is 9.47 Å². The zero-order chi connectivity index (χ0) is 14.0. The van der Waals surface area contributed by atoms with E-state index in [9.17, 15) is 4.79 Å². The molecule has 3 heteroatoms. The van der Waals surface area contributed by atoms with Gasteiger partial charge in [-0.1, -0.05) is 0 Å². The second-order valence-corrected chi connectivity index (χ2v) is 2.03. The maximum Gasteiger partial charge on any atom is 0.161 e. The van der Waals surface area contributed by atoms with Crippen LogP contribution < -0.4 is 9.47 Å². The molecule has 1 rings (SSSR count). The summed E-state index contributed by atoms with van der Waals surface area (Å²) in [6.45, 7) is 0. The monoisotopic (exact) mass is 172 g/mol. The number of carbonyl (C=O) groups is 1. The van der Waals surface area contributed by atoms with Gasteiger partial charge in [0.2, 0.25) is 0 Å². The Morgan fingerprint density at radius 3 is 2.75 bits per heavy atom. The largest absolute Gasteiger partial charge is 0.493 e. The lowest BCUT2D eigenvalue weighted by molar-refractivity contribution is 0.112. The summed E-state index contributed by atoms with van der Waals surface area (Å²) in [5.41, 5.74) is 0.146. The predicted molar refractivity (Wildman–Crippen MR) is 44.9 cm³/mol. The summed E-state index contributed by atoms with van der Waals surface area (Å²) in [5.74, 6) is -0.590. The van der Waals surface area contributed by atoms with Crippen LogP contribution in [0.15, 0.2) is 18.2 Å². The van der Waals surface area contributed by atoms with Gasteiger partial charge in [-0.3, -0.25) is 4.79 Å². The zero-order valence-electron chi connectivity index (χ0n) is 12.0. The maximum atomic E-state index is 10.6. The Bertz CT molecular complexity index is 437. The molecule has 0 fully saturated rings. The molecule has 0 spiro atoms. The minimum absolute atomic E-state index is 0.146. The number of benzene rings is 1. The Labute approximate surface area is 79.3 Å². The molecular formula is C9H10O3. The molecule has 0 bridgehead atoms. The molecule has 0 saturated carbocycles. The van der Waals surface area contributed by atoms with Gasteiger partial charge >= 0.3 is 0 Å². The normalized spacial score (nSPS) is 18.7. The molecule has 0 heterocycles. The van der Waals surface area contributed by atoms with Crippen molar-refractivity contribution in [1.29, 1.82) is 0 Å². The van der Waals surface area contributed by atoms with Crippen molar-refractivity contribution in [2.24, 2.45) is 0 Å². The molecule has 64 valence electrons. The molecule has 0 atom stereocenters. The summed E-state index contributed by atoms with van der Waals surface area (Å²) in [5, 5.41) is 0. The number of aldehydes is 1. The van der Waals surface area contributed by atoms with E-state index in [2.05, 4.69) is 9.47 Å². The van der Waals surface area contributed by atoms with Crippen molar-refractivity contribution in [3.8, 4) is 11.5 Å². The highest BCUT2D eigenvalue weighted by atomic mass is 16.5. The Kier molecular flexibility index (Phi) is 1.09. The van der Waals surface area contributed by atoms with Crippen molar-refractivity contribution in [2.75, 3.05) is 14.1 Å². The van der Waals surface area contributed by atoms with Crippen LogP contribution in [0.2, 0.25) is 0 Å². The van der Waals surface area contributed by atoms with Gasteiger partial charge in [-0.2, -0.15) is 0 Å². The summed E-state index contributed by atoms with van der Waals surface area (Å²) in [4.78, 5) is 10.6. The van der Waals surface area contributed by atoms with Crippen LogP contribution in [-0.4, -0.2) is 20.4 Å². The molecule has 1 aromatic rings. The Balaban J connectivity index is 3.12. The molecule has 0 unspecified atom stereocenters. The van der Waals surface area contributed by atoms with E-state index >= 15 is 0 Å². The first kappa shape index (κ1) is 3.47. The standard InChI is InChI=1S/C9H10O3/c1-11-8-4-3-7(6-10)5-9(8)12-2/h3-6H,1-2H3/i1D3,2D3. The van der Waals surface area contributed by atoms with E-state index in [0.717, 1.165) is 12.1 Å². The molecule has 0 aliphatic heterocycles. The van der Waals surface area contributed by atoms with Gasteiger partial charge in [-0.05, 0) is 18.2 Å².